The van der Waals surface area contributed by atoms with Gasteiger partial charge in [0.2, 0.25) is 0 Å². The molecule has 2 aromatic carbocycles. The molecule has 0 saturated heterocycles. The van der Waals surface area contributed by atoms with E-state index in [2.05, 4.69) is 5.32 Å². The molecule has 0 aliphatic carbocycles. The summed E-state index contributed by atoms with van der Waals surface area (Å²) in [6.07, 6.45) is 2.98. The monoisotopic (exact) mass is 341 g/mol. The lowest BCUT2D eigenvalue weighted by molar-refractivity contribution is -0.143. The third-order valence-corrected chi connectivity index (χ3v) is 3.54. The van der Waals surface area contributed by atoms with Gasteiger partial charge in [-0.1, -0.05) is 32.0 Å². The number of carbonyl (C=O) groups is 2. The van der Waals surface area contributed by atoms with E-state index in [0.717, 1.165) is 22.1 Å². The van der Waals surface area contributed by atoms with Crippen molar-refractivity contribution in [3.05, 3.63) is 48.0 Å². The van der Waals surface area contributed by atoms with Gasteiger partial charge >= 0.3 is 5.97 Å². The smallest absolute Gasteiger partial charge is 0.331 e. The average Bonchev–Trinajstić information content (AvgIpc) is 2.62. The lowest BCUT2D eigenvalue weighted by Gasteiger charge is -2.07. The zero-order valence-corrected chi connectivity index (χ0v) is 14.7. The fourth-order valence-electron chi connectivity index (χ4n) is 2.19. The second-order valence-electron chi connectivity index (χ2n) is 6.11. The summed E-state index contributed by atoms with van der Waals surface area (Å²) in [5.74, 6) is 0.312. The molecule has 0 saturated carbocycles. The molecule has 0 bridgehead atoms. The van der Waals surface area contributed by atoms with Crippen LogP contribution in [0.15, 0.2) is 42.5 Å². The molecule has 5 nitrogen and oxygen atoms in total. The molecule has 0 spiro atoms. The van der Waals surface area contributed by atoms with Gasteiger partial charge in [0.05, 0.1) is 7.11 Å². The highest BCUT2D eigenvalue weighted by atomic mass is 16.5. The number of benzene rings is 2. The van der Waals surface area contributed by atoms with E-state index < -0.39 is 5.97 Å². The molecule has 5 heteroatoms. The Labute approximate surface area is 147 Å². The zero-order chi connectivity index (χ0) is 18.2. The second kappa shape index (κ2) is 8.87. The third kappa shape index (κ3) is 5.95. The van der Waals surface area contributed by atoms with Crippen LogP contribution in [0.5, 0.6) is 5.75 Å². The van der Waals surface area contributed by atoms with E-state index in [1.807, 2.05) is 50.2 Å². The van der Waals surface area contributed by atoms with Crippen molar-refractivity contribution in [3.63, 3.8) is 0 Å². The van der Waals surface area contributed by atoms with Crippen molar-refractivity contribution in [1.82, 2.24) is 5.32 Å². The number of methoxy groups -OCH3 is 1. The van der Waals surface area contributed by atoms with Crippen LogP contribution in [-0.4, -0.2) is 32.1 Å². The fraction of sp³-hybridized carbons (Fsp3) is 0.300. The van der Waals surface area contributed by atoms with E-state index in [1.165, 1.54) is 6.08 Å². The van der Waals surface area contributed by atoms with Crippen molar-refractivity contribution in [1.29, 1.82) is 0 Å². The summed E-state index contributed by atoms with van der Waals surface area (Å²) in [4.78, 5) is 23.2. The van der Waals surface area contributed by atoms with Gasteiger partial charge in [0.15, 0.2) is 6.61 Å². The van der Waals surface area contributed by atoms with E-state index in [4.69, 9.17) is 9.47 Å². The normalized spacial score (nSPS) is 11.0. The average molecular weight is 341 g/mol. The number of ether oxygens (including phenoxy) is 2. The van der Waals surface area contributed by atoms with Crippen LogP contribution in [0.4, 0.5) is 0 Å². The molecule has 0 radical (unpaired) electrons. The number of fused-ring (bicyclic) bond motifs is 1. The minimum Gasteiger partial charge on any atom is -0.497 e. The Morgan fingerprint density at radius 3 is 2.56 bits per heavy atom. The second-order valence-corrected chi connectivity index (χ2v) is 6.11. The van der Waals surface area contributed by atoms with Gasteiger partial charge in [-0.05, 0) is 46.5 Å². The Kier molecular flexibility index (Phi) is 6.57. The summed E-state index contributed by atoms with van der Waals surface area (Å²) in [5.41, 5.74) is 0.874. The number of rotatable bonds is 7. The molecule has 25 heavy (non-hydrogen) atoms. The third-order valence-electron chi connectivity index (χ3n) is 3.54. The van der Waals surface area contributed by atoms with Gasteiger partial charge in [-0.25, -0.2) is 4.79 Å². The van der Waals surface area contributed by atoms with Crippen LogP contribution in [0.1, 0.15) is 19.4 Å². The summed E-state index contributed by atoms with van der Waals surface area (Å²) in [5, 5.41) is 4.79. The van der Waals surface area contributed by atoms with Crippen molar-refractivity contribution in [2.75, 3.05) is 20.3 Å². The summed E-state index contributed by atoms with van der Waals surface area (Å²) >= 11 is 0. The van der Waals surface area contributed by atoms with Gasteiger partial charge in [0.1, 0.15) is 5.75 Å². The van der Waals surface area contributed by atoms with E-state index in [0.29, 0.717) is 12.5 Å². The Hall–Kier alpha value is -2.82. The molecular formula is C20H23NO4. The molecule has 2 aromatic rings. The first-order valence-corrected chi connectivity index (χ1v) is 8.17. The molecule has 132 valence electrons. The first-order chi connectivity index (χ1) is 12.0. The van der Waals surface area contributed by atoms with Crippen molar-refractivity contribution >= 4 is 28.7 Å². The van der Waals surface area contributed by atoms with Crippen LogP contribution < -0.4 is 10.1 Å². The van der Waals surface area contributed by atoms with Crippen LogP contribution in [0.2, 0.25) is 0 Å². The predicted octanol–water partition coefficient (Wildman–Crippen LogP) is 3.18. The molecular weight excluding hydrogens is 318 g/mol. The van der Waals surface area contributed by atoms with Crippen molar-refractivity contribution in [2.24, 2.45) is 5.92 Å². The van der Waals surface area contributed by atoms with E-state index >= 15 is 0 Å². The summed E-state index contributed by atoms with van der Waals surface area (Å²) < 4.78 is 10.1. The number of esters is 1. The minimum atomic E-state index is -0.547. The topological polar surface area (TPSA) is 64.6 Å². The maximum Gasteiger partial charge on any atom is 0.331 e. The zero-order valence-electron chi connectivity index (χ0n) is 14.7. The van der Waals surface area contributed by atoms with E-state index in [1.54, 1.807) is 13.2 Å². The van der Waals surface area contributed by atoms with Gasteiger partial charge in [-0.15, -0.1) is 0 Å². The van der Waals surface area contributed by atoms with E-state index in [9.17, 15) is 9.59 Å². The Balaban J connectivity index is 1.91. The lowest BCUT2D eigenvalue weighted by atomic mass is 10.1. The van der Waals surface area contributed by atoms with Crippen molar-refractivity contribution < 1.29 is 19.1 Å². The fourth-order valence-corrected chi connectivity index (χ4v) is 2.19. The molecule has 1 N–H and O–H groups in total. The Bertz CT molecular complexity index is 780. The number of amides is 1. The standard InChI is InChI=1S/C20H23NO4/c1-14(2)12-21-19(22)13-25-20(23)9-5-15-4-6-17-11-18(24-3)8-7-16(17)10-15/h4-11,14H,12-13H2,1-3H3,(H,21,22)/b9-5+. The van der Waals surface area contributed by atoms with Gasteiger partial charge in [0, 0.05) is 12.6 Å². The molecule has 1 amide bonds. The number of nitrogens with one attached hydrogen (secondary N) is 1. The summed E-state index contributed by atoms with van der Waals surface area (Å²) in [6, 6.07) is 11.6. The van der Waals surface area contributed by atoms with Crippen molar-refractivity contribution in [3.8, 4) is 5.75 Å². The highest BCUT2D eigenvalue weighted by molar-refractivity contribution is 5.91. The van der Waals surface area contributed by atoms with E-state index in [-0.39, 0.29) is 12.5 Å². The maximum atomic E-state index is 11.7. The van der Waals surface area contributed by atoms with Crippen LogP contribution >= 0.6 is 0 Å². The first kappa shape index (κ1) is 18.5. The van der Waals surface area contributed by atoms with Crippen LogP contribution in [0.25, 0.3) is 16.8 Å². The molecule has 0 unspecified atom stereocenters. The SMILES string of the molecule is COc1ccc2cc(/C=C/C(=O)OCC(=O)NCC(C)C)ccc2c1. The van der Waals surface area contributed by atoms with Gasteiger partial charge < -0.3 is 14.8 Å². The van der Waals surface area contributed by atoms with Crippen LogP contribution in [0, 0.1) is 5.92 Å². The van der Waals surface area contributed by atoms with Gasteiger partial charge in [-0.2, -0.15) is 0 Å². The highest BCUT2D eigenvalue weighted by Gasteiger charge is 2.05. The van der Waals surface area contributed by atoms with Crippen molar-refractivity contribution in [2.45, 2.75) is 13.8 Å². The molecule has 0 heterocycles. The minimum absolute atomic E-state index is 0.270. The Morgan fingerprint density at radius 2 is 1.84 bits per heavy atom. The molecule has 2 rings (SSSR count). The molecule has 0 aliphatic heterocycles. The lowest BCUT2D eigenvalue weighted by Crippen LogP contribution is -2.31. The predicted molar refractivity (Wildman–Crippen MR) is 98.3 cm³/mol. The number of carbonyl (C=O) groups excluding carboxylic acids is 2. The molecule has 0 aromatic heterocycles. The number of hydrogen-bond acceptors (Lipinski definition) is 4. The summed E-state index contributed by atoms with van der Waals surface area (Å²) in [7, 11) is 1.63. The highest BCUT2D eigenvalue weighted by Crippen LogP contribution is 2.22. The van der Waals surface area contributed by atoms with Gasteiger partial charge in [-0.3, -0.25) is 4.79 Å². The van der Waals surface area contributed by atoms with Gasteiger partial charge in [0.25, 0.3) is 5.91 Å². The quantitative estimate of drug-likeness (QED) is 0.620. The largest absolute Gasteiger partial charge is 0.497 e. The molecule has 0 atom stereocenters. The van der Waals surface area contributed by atoms with Crippen LogP contribution in [-0.2, 0) is 14.3 Å². The summed E-state index contributed by atoms with van der Waals surface area (Å²) in [6.45, 7) is 4.28. The Morgan fingerprint density at radius 1 is 1.12 bits per heavy atom. The maximum absolute atomic E-state index is 11.7. The molecule has 0 aliphatic rings. The number of hydrogen-bond donors (Lipinski definition) is 1. The van der Waals surface area contributed by atoms with Crippen LogP contribution in [0.3, 0.4) is 0 Å². The molecule has 0 fully saturated rings. The first-order valence-electron chi connectivity index (χ1n) is 8.17.